The fourth-order valence-electron chi connectivity index (χ4n) is 1.14. The fraction of sp³-hybridized carbons (Fsp3) is 0.889. The highest BCUT2D eigenvalue weighted by molar-refractivity contribution is 5.57. The van der Waals surface area contributed by atoms with E-state index < -0.39 is 6.16 Å². The van der Waals surface area contributed by atoms with Gasteiger partial charge in [0.05, 0.1) is 0 Å². The average Bonchev–Trinajstić information content (AvgIpc) is 1.99. The predicted octanol–water partition coefficient (Wildman–Crippen LogP) is 2.90. The van der Waals surface area contributed by atoms with Crippen molar-refractivity contribution >= 4 is 6.16 Å². The molecular formula is C9H18O3. The maximum atomic E-state index is 10.3. The second-order valence-corrected chi connectivity index (χ2v) is 3.62. The van der Waals surface area contributed by atoms with Crippen LogP contribution in [0.5, 0.6) is 0 Å². The Bertz CT molecular complexity index is 152. The summed E-state index contributed by atoms with van der Waals surface area (Å²) in [4.78, 5) is 10.3. The van der Waals surface area contributed by atoms with E-state index >= 15 is 0 Å². The van der Waals surface area contributed by atoms with Crippen LogP contribution < -0.4 is 0 Å². The highest BCUT2D eigenvalue weighted by atomic mass is 16.7. The second-order valence-electron chi connectivity index (χ2n) is 3.62. The first-order valence-corrected chi connectivity index (χ1v) is 4.33. The van der Waals surface area contributed by atoms with Crippen LogP contribution in [0, 0.1) is 5.41 Å². The van der Waals surface area contributed by atoms with E-state index in [-0.39, 0.29) is 11.5 Å². The van der Waals surface area contributed by atoms with Gasteiger partial charge in [0.15, 0.2) is 0 Å². The van der Waals surface area contributed by atoms with Crippen molar-refractivity contribution in [3.8, 4) is 0 Å². The second kappa shape index (κ2) is 4.33. The zero-order valence-electron chi connectivity index (χ0n) is 8.26. The number of carbonyl (C=O) groups is 1. The van der Waals surface area contributed by atoms with Crippen LogP contribution in [0.4, 0.5) is 4.79 Å². The molecule has 0 aromatic rings. The van der Waals surface area contributed by atoms with Gasteiger partial charge in [-0.2, -0.15) is 0 Å². The van der Waals surface area contributed by atoms with Gasteiger partial charge in [-0.1, -0.05) is 27.7 Å². The van der Waals surface area contributed by atoms with Crippen molar-refractivity contribution in [2.45, 2.75) is 46.6 Å². The average molecular weight is 174 g/mol. The van der Waals surface area contributed by atoms with Gasteiger partial charge in [-0.05, 0) is 12.8 Å². The largest absolute Gasteiger partial charge is 0.506 e. The number of ether oxygens (including phenoxy) is 1. The summed E-state index contributed by atoms with van der Waals surface area (Å²) in [5.41, 5.74) is -0.0624. The summed E-state index contributed by atoms with van der Waals surface area (Å²) in [5, 5.41) is 8.45. The van der Waals surface area contributed by atoms with Crippen molar-refractivity contribution in [2.24, 2.45) is 5.41 Å². The number of rotatable bonds is 4. The van der Waals surface area contributed by atoms with Crippen LogP contribution in [0.2, 0.25) is 0 Å². The Kier molecular flexibility index (Phi) is 4.07. The molecule has 1 N–H and O–H groups in total. The first-order chi connectivity index (χ1) is 5.44. The van der Waals surface area contributed by atoms with E-state index in [1.54, 1.807) is 0 Å². The van der Waals surface area contributed by atoms with Crippen molar-refractivity contribution in [3.63, 3.8) is 0 Å². The summed E-state index contributed by atoms with van der Waals surface area (Å²) in [6.45, 7) is 8.01. The van der Waals surface area contributed by atoms with E-state index in [0.717, 1.165) is 12.8 Å². The van der Waals surface area contributed by atoms with Crippen LogP contribution in [-0.2, 0) is 4.74 Å². The smallest absolute Gasteiger partial charge is 0.450 e. The molecule has 0 saturated heterocycles. The summed E-state index contributed by atoms with van der Waals surface area (Å²) < 4.78 is 4.77. The van der Waals surface area contributed by atoms with Gasteiger partial charge >= 0.3 is 6.16 Å². The molecule has 1 unspecified atom stereocenters. The molecule has 0 amide bonds. The minimum absolute atomic E-state index is 0.0624. The maximum Gasteiger partial charge on any atom is 0.506 e. The number of hydrogen-bond donors (Lipinski definition) is 1. The fourth-order valence-corrected chi connectivity index (χ4v) is 1.14. The third-order valence-electron chi connectivity index (χ3n) is 2.40. The molecule has 0 saturated carbocycles. The van der Waals surface area contributed by atoms with Crippen LogP contribution in [0.1, 0.15) is 40.5 Å². The van der Waals surface area contributed by atoms with Crippen LogP contribution in [-0.4, -0.2) is 17.4 Å². The minimum atomic E-state index is -1.18. The van der Waals surface area contributed by atoms with Crippen LogP contribution in [0.25, 0.3) is 0 Å². The molecule has 1 atom stereocenters. The predicted molar refractivity (Wildman–Crippen MR) is 47.3 cm³/mol. The lowest BCUT2D eigenvalue weighted by atomic mass is 9.82. The molecule has 72 valence electrons. The van der Waals surface area contributed by atoms with Crippen molar-refractivity contribution in [1.29, 1.82) is 0 Å². The third kappa shape index (κ3) is 3.11. The molecule has 0 bridgehead atoms. The molecule has 0 aromatic heterocycles. The molecule has 0 rings (SSSR count). The molecule has 0 spiro atoms. The molecule has 0 aliphatic heterocycles. The molecule has 3 nitrogen and oxygen atoms in total. The lowest BCUT2D eigenvalue weighted by Crippen LogP contribution is -2.32. The summed E-state index contributed by atoms with van der Waals surface area (Å²) in [6.07, 6.45) is 0.273. The summed E-state index contributed by atoms with van der Waals surface area (Å²) in [5.74, 6) is 0. The van der Waals surface area contributed by atoms with E-state index in [0.29, 0.717) is 0 Å². The highest BCUT2D eigenvalue weighted by Crippen LogP contribution is 2.29. The maximum absolute atomic E-state index is 10.3. The Morgan fingerprint density at radius 3 is 2.25 bits per heavy atom. The Hall–Kier alpha value is -0.730. The monoisotopic (exact) mass is 174 g/mol. The molecular weight excluding hydrogens is 156 g/mol. The first-order valence-electron chi connectivity index (χ1n) is 4.33. The molecule has 0 aromatic carbocycles. The zero-order valence-corrected chi connectivity index (χ0v) is 8.26. The highest BCUT2D eigenvalue weighted by Gasteiger charge is 2.29. The van der Waals surface area contributed by atoms with E-state index in [2.05, 4.69) is 0 Å². The van der Waals surface area contributed by atoms with Gasteiger partial charge in [0.1, 0.15) is 6.10 Å². The molecule has 0 aliphatic rings. The van der Waals surface area contributed by atoms with E-state index in [9.17, 15) is 4.79 Å². The van der Waals surface area contributed by atoms with Crippen molar-refractivity contribution < 1.29 is 14.6 Å². The van der Waals surface area contributed by atoms with Gasteiger partial charge in [-0.25, -0.2) is 4.79 Å². The summed E-state index contributed by atoms with van der Waals surface area (Å²) in [6, 6.07) is 0. The normalized spacial score (nSPS) is 14.0. The Morgan fingerprint density at radius 1 is 1.50 bits per heavy atom. The van der Waals surface area contributed by atoms with Gasteiger partial charge < -0.3 is 9.84 Å². The minimum Gasteiger partial charge on any atom is -0.450 e. The van der Waals surface area contributed by atoms with Crippen molar-refractivity contribution in [2.75, 3.05) is 0 Å². The molecule has 0 aliphatic carbocycles. The lowest BCUT2D eigenvalue weighted by molar-refractivity contribution is -0.00898. The Morgan fingerprint density at radius 2 is 2.00 bits per heavy atom. The number of carboxylic acid groups (broad SMARTS) is 1. The molecule has 3 heteroatoms. The molecule has 0 radical (unpaired) electrons. The van der Waals surface area contributed by atoms with E-state index in [4.69, 9.17) is 9.84 Å². The van der Waals surface area contributed by atoms with Crippen LogP contribution >= 0.6 is 0 Å². The summed E-state index contributed by atoms with van der Waals surface area (Å²) >= 11 is 0. The SMILES string of the molecule is CCC(OC(=O)O)C(C)(C)CC. The standard InChI is InChI=1S/C9H18O3/c1-5-7(12-8(10)11)9(3,4)6-2/h7H,5-6H2,1-4H3,(H,10,11). The van der Waals surface area contributed by atoms with Crippen molar-refractivity contribution in [1.82, 2.24) is 0 Å². The summed E-state index contributed by atoms with van der Waals surface area (Å²) in [7, 11) is 0. The van der Waals surface area contributed by atoms with Crippen molar-refractivity contribution in [3.05, 3.63) is 0 Å². The van der Waals surface area contributed by atoms with Gasteiger partial charge in [0.2, 0.25) is 0 Å². The van der Waals surface area contributed by atoms with Gasteiger partial charge in [0.25, 0.3) is 0 Å². The Labute approximate surface area is 73.7 Å². The first kappa shape index (κ1) is 11.3. The van der Waals surface area contributed by atoms with Gasteiger partial charge in [-0.15, -0.1) is 0 Å². The van der Waals surface area contributed by atoms with Gasteiger partial charge in [-0.3, -0.25) is 0 Å². The third-order valence-corrected chi connectivity index (χ3v) is 2.40. The van der Waals surface area contributed by atoms with E-state index in [1.807, 2.05) is 27.7 Å². The topological polar surface area (TPSA) is 46.5 Å². The zero-order chi connectivity index (χ0) is 9.78. The molecule has 0 fully saturated rings. The van der Waals surface area contributed by atoms with Crippen LogP contribution in [0.3, 0.4) is 0 Å². The quantitative estimate of drug-likeness (QED) is 0.666. The molecule has 12 heavy (non-hydrogen) atoms. The lowest BCUT2D eigenvalue weighted by Gasteiger charge is -2.31. The Balaban J connectivity index is 4.23. The number of hydrogen-bond acceptors (Lipinski definition) is 2. The van der Waals surface area contributed by atoms with E-state index in [1.165, 1.54) is 0 Å². The van der Waals surface area contributed by atoms with Crippen LogP contribution in [0.15, 0.2) is 0 Å². The molecule has 0 heterocycles. The van der Waals surface area contributed by atoms with Gasteiger partial charge in [0, 0.05) is 5.41 Å².